The average Bonchev–Trinajstić information content (AvgIpc) is 2.83. The van der Waals surface area contributed by atoms with Gasteiger partial charge in [0.1, 0.15) is 0 Å². The number of halogens is 1. The molecule has 1 aromatic heterocycles. The van der Waals surface area contributed by atoms with Crippen LogP contribution < -0.4 is 0 Å². The van der Waals surface area contributed by atoms with Crippen LogP contribution in [0.5, 0.6) is 0 Å². The van der Waals surface area contributed by atoms with Crippen molar-refractivity contribution >= 4 is 22.0 Å². The summed E-state index contributed by atoms with van der Waals surface area (Å²) < 4.78 is 0.920. The predicted octanol–water partition coefficient (Wildman–Crippen LogP) is 2.84. The number of nitrogens with zero attached hydrogens (tertiary/aromatic N) is 3. The fraction of sp³-hybridized carbons (Fsp3) is 0.0833. The predicted molar refractivity (Wildman–Crippen MR) is 68.4 cm³/mol. The molecule has 5 nitrogen and oxygen atoms in total. The molecule has 0 amide bonds. The summed E-state index contributed by atoms with van der Waals surface area (Å²) in [5.74, 6) is 0. The van der Waals surface area contributed by atoms with E-state index in [0.717, 1.165) is 10.2 Å². The molecule has 0 aliphatic heterocycles. The van der Waals surface area contributed by atoms with Crippen molar-refractivity contribution in [3.8, 4) is 17.3 Å². The summed E-state index contributed by atoms with van der Waals surface area (Å²) in [6, 6.07) is 10.6. The number of nitriles is 1. The average molecular weight is 306 g/mol. The number of hydrogen-bond donors (Lipinski definition) is 1. The molecule has 1 N–H and O–H groups in total. The standard InChI is InChI=1S/C12H8BrN3O2/c13-6-10-5-11(15-16(10)12(17)18)9-3-1-2-8(4-9)7-14/h1-5H,6H2,(H,17,18). The maximum absolute atomic E-state index is 11.0. The van der Waals surface area contributed by atoms with Gasteiger partial charge >= 0.3 is 6.09 Å². The topological polar surface area (TPSA) is 78.9 Å². The largest absolute Gasteiger partial charge is 0.463 e. The van der Waals surface area contributed by atoms with Gasteiger partial charge in [-0.15, -0.1) is 0 Å². The van der Waals surface area contributed by atoms with Crippen molar-refractivity contribution in [2.45, 2.75) is 5.33 Å². The first-order chi connectivity index (χ1) is 8.65. The lowest BCUT2D eigenvalue weighted by molar-refractivity contribution is 0.192. The smallest absolute Gasteiger partial charge is 0.432 e. The van der Waals surface area contributed by atoms with Crippen LogP contribution in [0.15, 0.2) is 30.3 Å². The van der Waals surface area contributed by atoms with Crippen LogP contribution in [-0.2, 0) is 5.33 Å². The molecule has 0 fully saturated rings. The molecule has 0 aliphatic carbocycles. The van der Waals surface area contributed by atoms with Crippen LogP contribution in [0.1, 0.15) is 11.3 Å². The molecular formula is C12H8BrN3O2. The molecule has 0 atom stereocenters. The molecule has 0 saturated heterocycles. The molecule has 0 radical (unpaired) electrons. The van der Waals surface area contributed by atoms with E-state index in [1.807, 2.05) is 6.07 Å². The van der Waals surface area contributed by atoms with Crippen LogP contribution in [-0.4, -0.2) is 21.0 Å². The van der Waals surface area contributed by atoms with Gasteiger partial charge < -0.3 is 5.11 Å². The second-order valence-electron chi connectivity index (χ2n) is 3.54. The number of hydrogen-bond acceptors (Lipinski definition) is 3. The summed E-state index contributed by atoms with van der Waals surface area (Å²) in [4.78, 5) is 11.0. The fourth-order valence-corrected chi connectivity index (χ4v) is 1.97. The Labute approximate surface area is 111 Å². The Morgan fingerprint density at radius 1 is 1.50 bits per heavy atom. The SMILES string of the molecule is N#Cc1cccc(-c2cc(CBr)n(C(=O)O)n2)c1. The molecule has 1 aromatic carbocycles. The summed E-state index contributed by atoms with van der Waals surface area (Å²) >= 11 is 3.21. The van der Waals surface area contributed by atoms with Crippen molar-refractivity contribution in [2.24, 2.45) is 0 Å². The third-order valence-corrected chi connectivity index (χ3v) is 2.96. The first-order valence-electron chi connectivity index (χ1n) is 5.04. The number of carbonyl (C=O) groups is 1. The summed E-state index contributed by atoms with van der Waals surface area (Å²) in [7, 11) is 0. The summed E-state index contributed by atoms with van der Waals surface area (Å²) in [6.45, 7) is 0. The van der Waals surface area contributed by atoms with Crippen molar-refractivity contribution in [2.75, 3.05) is 0 Å². The lowest BCUT2D eigenvalue weighted by Gasteiger charge is -1.97. The minimum Gasteiger partial charge on any atom is -0.463 e. The number of benzene rings is 1. The van der Waals surface area contributed by atoms with Crippen molar-refractivity contribution in [3.05, 3.63) is 41.6 Å². The van der Waals surface area contributed by atoms with Gasteiger partial charge in [-0.2, -0.15) is 15.0 Å². The molecule has 90 valence electrons. The Hall–Kier alpha value is -2.13. The minimum absolute atomic E-state index is 0.393. The highest BCUT2D eigenvalue weighted by Gasteiger charge is 2.13. The van der Waals surface area contributed by atoms with Gasteiger partial charge in [-0.1, -0.05) is 28.1 Å². The van der Waals surface area contributed by atoms with Crippen molar-refractivity contribution in [1.29, 1.82) is 5.26 Å². The van der Waals surface area contributed by atoms with E-state index in [-0.39, 0.29) is 0 Å². The van der Waals surface area contributed by atoms with Crippen LogP contribution in [0, 0.1) is 11.3 Å². The van der Waals surface area contributed by atoms with E-state index < -0.39 is 6.09 Å². The Kier molecular flexibility index (Phi) is 3.44. The second kappa shape index (κ2) is 5.02. The first kappa shape index (κ1) is 12.3. The molecule has 0 aliphatic rings. The van der Waals surface area contributed by atoms with Gasteiger partial charge in [-0.3, -0.25) is 0 Å². The normalized spacial score (nSPS) is 10.0. The molecule has 1 heterocycles. The molecular weight excluding hydrogens is 298 g/mol. The van der Waals surface area contributed by atoms with Gasteiger partial charge in [0.15, 0.2) is 0 Å². The van der Waals surface area contributed by atoms with E-state index in [1.165, 1.54) is 0 Å². The first-order valence-corrected chi connectivity index (χ1v) is 6.16. The zero-order chi connectivity index (χ0) is 13.1. The highest BCUT2D eigenvalue weighted by atomic mass is 79.9. The lowest BCUT2D eigenvalue weighted by Crippen LogP contribution is -2.12. The third-order valence-electron chi connectivity index (χ3n) is 2.39. The zero-order valence-corrected chi connectivity index (χ0v) is 10.8. The zero-order valence-electron chi connectivity index (χ0n) is 9.17. The van der Waals surface area contributed by atoms with Crippen LogP contribution in [0.3, 0.4) is 0 Å². The van der Waals surface area contributed by atoms with Crippen LogP contribution in [0.2, 0.25) is 0 Å². The van der Waals surface area contributed by atoms with E-state index in [1.54, 1.807) is 30.3 Å². The Morgan fingerprint density at radius 3 is 2.83 bits per heavy atom. The minimum atomic E-state index is -1.13. The molecule has 6 heteroatoms. The number of rotatable bonds is 2. The van der Waals surface area contributed by atoms with Gasteiger partial charge in [-0.25, -0.2) is 4.79 Å². The van der Waals surface area contributed by atoms with E-state index in [4.69, 9.17) is 10.4 Å². The van der Waals surface area contributed by atoms with Crippen LogP contribution in [0.25, 0.3) is 11.3 Å². The second-order valence-corrected chi connectivity index (χ2v) is 4.10. The van der Waals surface area contributed by atoms with Gasteiger partial charge in [-0.05, 0) is 18.2 Å². The van der Waals surface area contributed by atoms with Gasteiger partial charge in [0, 0.05) is 10.9 Å². The van der Waals surface area contributed by atoms with E-state index in [2.05, 4.69) is 21.0 Å². The third kappa shape index (κ3) is 2.26. The maximum Gasteiger partial charge on any atom is 0.432 e. The maximum atomic E-state index is 11.0. The van der Waals surface area contributed by atoms with E-state index in [9.17, 15) is 4.79 Å². The molecule has 18 heavy (non-hydrogen) atoms. The monoisotopic (exact) mass is 305 g/mol. The molecule has 0 spiro atoms. The Morgan fingerprint density at radius 2 is 2.28 bits per heavy atom. The Bertz CT molecular complexity index is 643. The number of carboxylic acid groups (broad SMARTS) is 1. The Balaban J connectivity index is 2.51. The van der Waals surface area contributed by atoms with Crippen LogP contribution >= 0.6 is 15.9 Å². The molecule has 0 unspecified atom stereocenters. The van der Waals surface area contributed by atoms with Crippen molar-refractivity contribution < 1.29 is 9.90 Å². The molecule has 2 rings (SSSR count). The highest BCUT2D eigenvalue weighted by Crippen LogP contribution is 2.21. The summed E-state index contributed by atoms with van der Waals surface area (Å²) in [5.41, 5.74) is 2.30. The van der Waals surface area contributed by atoms with Crippen molar-refractivity contribution in [1.82, 2.24) is 9.78 Å². The molecule has 2 aromatic rings. The molecule has 0 bridgehead atoms. The van der Waals surface area contributed by atoms with Gasteiger partial charge in [0.25, 0.3) is 0 Å². The van der Waals surface area contributed by atoms with Gasteiger partial charge in [0.2, 0.25) is 0 Å². The summed E-state index contributed by atoms with van der Waals surface area (Å²) in [6.07, 6.45) is -1.13. The summed E-state index contributed by atoms with van der Waals surface area (Å²) in [5, 5.41) is 22.2. The number of aromatic nitrogens is 2. The fourth-order valence-electron chi connectivity index (χ4n) is 1.57. The highest BCUT2D eigenvalue weighted by molar-refractivity contribution is 9.08. The number of alkyl halides is 1. The lowest BCUT2D eigenvalue weighted by atomic mass is 10.1. The van der Waals surface area contributed by atoms with Gasteiger partial charge in [0.05, 0.1) is 23.0 Å². The van der Waals surface area contributed by atoms with Crippen molar-refractivity contribution in [3.63, 3.8) is 0 Å². The molecule has 0 saturated carbocycles. The van der Waals surface area contributed by atoms with E-state index in [0.29, 0.717) is 22.3 Å². The van der Waals surface area contributed by atoms with E-state index >= 15 is 0 Å². The quantitative estimate of drug-likeness (QED) is 0.865. The van der Waals surface area contributed by atoms with Crippen LogP contribution in [0.4, 0.5) is 4.79 Å².